The predicted molar refractivity (Wildman–Crippen MR) is 74.6 cm³/mol. The van der Waals surface area contributed by atoms with Crippen LogP contribution in [0.1, 0.15) is 36.8 Å². The van der Waals surface area contributed by atoms with E-state index in [1.165, 1.54) is 4.90 Å². The summed E-state index contributed by atoms with van der Waals surface area (Å²) in [5, 5.41) is 0. The number of nitrogens with zero attached hydrogens (tertiary/aromatic N) is 1. The lowest BCUT2D eigenvalue weighted by Crippen LogP contribution is -2.47. The number of carbonyl (C=O) groups is 2. The maximum absolute atomic E-state index is 12.5. The molecule has 4 nitrogen and oxygen atoms in total. The number of hydrogen-bond acceptors (Lipinski definition) is 3. The van der Waals surface area contributed by atoms with Crippen LogP contribution in [0.2, 0.25) is 0 Å². The second-order valence-electron chi connectivity index (χ2n) is 5.54. The van der Waals surface area contributed by atoms with E-state index < -0.39 is 0 Å². The third kappa shape index (κ3) is 1.82. The van der Waals surface area contributed by atoms with Crippen molar-refractivity contribution in [1.82, 2.24) is 4.90 Å². The fraction of sp³-hybridized carbons (Fsp3) is 0.500. The minimum absolute atomic E-state index is 0.00532. The largest absolute Gasteiger partial charge is 0.496 e. The molecule has 1 fully saturated rings. The summed E-state index contributed by atoms with van der Waals surface area (Å²) in [7, 11) is 1.64. The van der Waals surface area contributed by atoms with Crippen molar-refractivity contribution in [2.24, 2.45) is 5.92 Å². The van der Waals surface area contributed by atoms with E-state index in [-0.39, 0.29) is 23.7 Å². The molecule has 0 aromatic heterocycles. The summed E-state index contributed by atoms with van der Waals surface area (Å²) in [4.78, 5) is 26.2. The van der Waals surface area contributed by atoms with Crippen molar-refractivity contribution in [2.45, 2.75) is 32.1 Å². The lowest BCUT2D eigenvalue weighted by molar-refractivity contribution is -0.152. The van der Waals surface area contributed by atoms with E-state index in [4.69, 9.17) is 4.74 Å². The van der Waals surface area contributed by atoms with E-state index in [1.54, 1.807) is 7.11 Å². The van der Waals surface area contributed by atoms with E-state index in [0.717, 1.165) is 29.7 Å². The maximum Gasteiger partial charge on any atom is 0.233 e. The van der Waals surface area contributed by atoms with Gasteiger partial charge < -0.3 is 4.74 Å². The minimum atomic E-state index is -0.0921. The first kappa shape index (κ1) is 13.2. The molecule has 1 heterocycles. The molecule has 3 rings (SSSR count). The predicted octanol–water partition coefficient (Wildman–Crippen LogP) is 2.12. The molecule has 1 aromatic carbocycles. The number of likely N-dealkylation sites (tertiary alicyclic amines) is 1. The Labute approximate surface area is 118 Å². The van der Waals surface area contributed by atoms with Gasteiger partial charge in [0.15, 0.2) is 0 Å². The Kier molecular flexibility index (Phi) is 3.24. The number of carbonyl (C=O) groups excluding carboxylic acids is 2. The monoisotopic (exact) mass is 273 g/mol. The van der Waals surface area contributed by atoms with Gasteiger partial charge in [-0.05, 0) is 24.5 Å². The van der Waals surface area contributed by atoms with Crippen LogP contribution in [0.5, 0.6) is 5.75 Å². The fourth-order valence-corrected chi connectivity index (χ4v) is 3.53. The summed E-state index contributed by atoms with van der Waals surface area (Å²) in [6, 6.07) is 5.90. The van der Waals surface area contributed by atoms with Crippen molar-refractivity contribution in [3.8, 4) is 5.75 Å². The van der Waals surface area contributed by atoms with E-state index in [1.807, 2.05) is 25.1 Å². The van der Waals surface area contributed by atoms with Gasteiger partial charge in [0.2, 0.25) is 11.8 Å². The highest BCUT2D eigenvalue weighted by molar-refractivity contribution is 6.00. The van der Waals surface area contributed by atoms with E-state index in [9.17, 15) is 9.59 Å². The van der Waals surface area contributed by atoms with E-state index in [0.29, 0.717) is 13.0 Å². The van der Waals surface area contributed by atoms with Gasteiger partial charge in [-0.3, -0.25) is 14.5 Å². The third-order valence-corrected chi connectivity index (χ3v) is 4.40. The van der Waals surface area contributed by atoms with Gasteiger partial charge in [0.05, 0.1) is 13.0 Å². The maximum atomic E-state index is 12.5. The molecule has 1 saturated heterocycles. The van der Waals surface area contributed by atoms with Crippen LogP contribution >= 0.6 is 0 Å². The molecule has 1 aliphatic carbocycles. The van der Waals surface area contributed by atoms with Gasteiger partial charge in [0.25, 0.3) is 0 Å². The molecule has 0 bridgehead atoms. The molecule has 0 unspecified atom stereocenters. The van der Waals surface area contributed by atoms with Gasteiger partial charge in [0.1, 0.15) is 5.75 Å². The molecule has 0 saturated carbocycles. The van der Waals surface area contributed by atoms with Crippen LogP contribution in [-0.4, -0.2) is 30.4 Å². The Bertz CT molecular complexity index is 567. The summed E-state index contributed by atoms with van der Waals surface area (Å²) < 4.78 is 5.41. The third-order valence-electron chi connectivity index (χ3n) is 4.40. The average Bonchev–Trinajstić information content (AvgIpc) is 2.82. The van der Waals surface area contributed by atoms with Gasteiger partial charge in [-0.25, -0.2) is 0 Å². The Morgan fingerprint density at radius 2 is 2.05 bits per heavy atom. The topological polar surface area (TPSA) is 46.6 Å². The lowest BCUT2D eigenvalue weighted by Gasteiger charge is -2.33. The average molecular weight is 273 g/mol. The van der Waals surface area contributed by atoms with E-state index >= 15 is 0 Å². The number of hydrogen-bond donors (Lipinski definition) is 0. The van der Waals surface area contributed by atoms with Crippen LogP contribution in [0.4, 0.5) is 0 Å². The molecule has 4 heteroatoms. The van der Waals surface area contributed by atoms with Crippen LogP contribution in [-0.2, 0) is 16.0 Å². The number of methoxy groups -OCH3 is 1. The molecule has 2 atom stereocenters. The first-order valence-corrected chi connectivity index (χ1v) is 7.17. The van der Waals surface area contributed by atoms with Crippen LogP contribution in [0.25, 0.3) is 0 Å². The number of ether oxygens (including phenoxy) is 1. The van der Waals surface area contributed by atoms with Crippen LogP contribution in [0.15, 0.2) is 18.2 Å². The number of imide groups is 1. The second kappa shape index (κ2) is 4.93. The molecule has 2 aliphatic rings. The number of benzene rings is 1. The molecular formula is C16H19NO3. The molecule has 2 amide bonds. The highest BCUT2D eigenvalue weighted by Gasteiger charge is 2.47. The second-order valence-corrected chi connectivity index (χ2v) is 5.54. The summed E-state index contributed by atoms with van der Waals surface area (Å²) in [6.45, 7) is 2.52. The zero-order chi connectivity index (χ0) is 14.3. The lowest BCUT2D eigenvalue weighted by atomic mass is 9.84. The summed E-state index contributed by atoms with van der Waals surface area (Å²) in [5.41, 5.74) is 2.22. The Morgan fingerprint density at radius 1 is 1.25 bits per heavy atom. The molecule has 1 aromatic rings. The number of piperidine rings is 1. The van der Waals surface area contributed by atoms with Crippen molar-refractivity contribution in [1.29, 1.82) is 0 Å². The highest BCUT2D eigenvalue weighted by atomic mass is 16.5. The van der Waals surface area contributed by atoms with Crippen LogP contribution < -0.4 is 4.74 Å². The Balaban J connectivity index is 1.98. The van der Waals surface area contributed by atoms with Gasteiger partial charge >= 0.3 is 0 Å². The molecule has 106 valence electrons. The van der Waals surface area contributed by atoms with Crippen molar-refractivity contribution in [2.75, 3.05) is 13.7 Å². The normalized spacial score (nSPS) is 24.6. The molecular weight excluding hydrogens is 254 g/mol. The summed E-state index contributed by atoms with van der Waals surface area (Å²) in [5.74, 6) is 0.655. The summed E-state index contributed by atoms with van der Waals surface area (Å²) >= 11 is 0. The van der Waals surface area contributed by atoms with Gasteiger partial charge in [0, 0.05) is 24.4 Å². The number of amides is 2. The van der Waals surface area contributed by atoms with Gasteiger partial charge in [-0.2, -0.15) is 0 Å². The standard InChI is InChI=1S/C16H19NO3/c1-3-7-17-14(18)9-11-12(16(17)19)8-10-5-4-6-13(20-2)15(10)11/h4-6,11-12H,3,7-9H2,1-2H3/t11-,12+/m1/s1. The van der Waals surface area contributed by atoms with Crippen molar-refractivity contribution < 1.29 is 14.3 Å². The van der Waals surface area contributed by atoms with Crippen LogP contribution in [0.3, 0.4) is 0 Å². The number of fused-ring (bicyclic) bond motifs is 3. The zero-order valence-corrected chi connectivity index (χ0v) is 11.9. The molecule has 0 N–H and O–H groups in total. The smallest absolute Gasteiger partial charge is 0.233 e. The molecule has 20 heavy (non-hydrogen) atoms. The summed E-state index contributed by atoms with van der Waals surface area (Å²) in [6.07, 6.45) is 1.96. The molecule has 0 spiro atoms. The first-order chi connectivity index (χ1) is 9.67. The highest BCUT2D eigenvalue weighted by Crippen LogP contribution is 2.47. The first-order valence-electron chi connectivity index (χ1n) is 7.17. The zero-order valence-electron chi connectivity index (χ0n) is 11.9. The van der Waals surface area contributed by atoms with Crippen molar-refractivity contribution in [3.05, 3.63) is 29.3 Å². The van der Waals surface area contributed by atoms with Gasteiger partial charge in [-0.1, -0.05) is 19.1 Å². The molecule has 1 aliphatic heterocycles. The van der Waals surface area contributed by atoms with Crippen molar-refractivity contribution in [3.63, 3.8) is 0 Å². The van der Waals surface area contributed by atoms with Gasteiger partial charge in [-0.15, -0.1) is 0 Å². The SMILES string of the molecule is CCCN1C(=O)C[C@H]2c3c(cccc3OC)C[C@@H]2C1=O. The Hall–Kier alpha value is -1.84. The molecule has 0 radical (unpaired) electrons. The van der Waals surface area contributed by atoms with E-state index in [2.05, 4.69) is 0 Å². The minimum Gasteiger partial charge on any atom is -0.496 e. The Morgan fingerprint density at radius 3 is 2.75 bits per heavy atom. The van der Waals surface area contributed by atoms with Crippen molar-refractivity contribution >= 4 is 11.8 Å². The fourth-order valence-electron chi connectivity index (χ4n) is 3.53. The number of rotatable bonds is 3. The quantitative estimate of drug-likeness (QED) is 0.792. The van der Waals surface area contributed by atoms with Crippen LogP contribution in [0, 0.1) is 5.92 Å².